The van der Waals surface area contributed by atoms with E-state index in [0.717, 1.165) is 11.3 Å². The summed E-state index contributed by atoms with van der Waals surface area (Å²) in [5.74, 6) is 0.456. The SMILES string of the molecule is Cc1nc2c(cc1Cl)nc(NC(=O)CC(C)(C)C)n2C(C)(C)C. The second-order valence-electron chi connectivity index (χ2n) is 8.13. The van der Waals surface area contributed by atoms with Gasteiger partial charge in [-0.1, -0.05) is 32.4 Å². The van der Waals surface area contributed by atoms with E-state index in [9.17, 15) is 4.79 Å². The Bertz CT molecular complexity index is 751. The lowest BCUT2D eigenvalue weighted by Crippen LogP contribution is -2.27. The molecule has 0 spiro atoms. The largest absolute Gasteiger partial charge is 0.296 e. The number of aryl methyl sites for hydroxylation is 1. The van der Waals surface area contributed by atoms with Gasteiger partial charge in [-0.15, -0.1) is 0 Å². The molecule has 2 aromatic rings. The summed E-state index contributed by atoms with van der Waals surface area (Å²) in [7, 11) is 0. The molecule has 2 rings (SSSR count). The van der Waals surface area contributed by atoms with Crippen molar-refractivity contribution in [2.45, 2.75) is 60.4 Å². The molecule has 0 atom stereocenters. The molecular weight excluding hydrogens is 312 g/mol. The first-order chi connectivity index (χ1) is 10.4. The third-order valence-electron chi connectivity index (χ3n) is 3.37. The number of pyridine rings is 1. The number of imidazole rings is 1. The van der Waals surface area contributed by atoms with Crippen molar-refractivity contribution < 1.29 is 4.79 Å². The predicted octanol–water partition coefficient (Wildman–Crippen LogP) is 4.52. The van der Waals surface area contributed by atoms with Gasteiger partial charge >= 0.3 is 0 Å². The summed E-state index contributed by atoms with van der Waals surface area (Å²) < 4.78 is 1.95. The van der Waals surface area contributed by atoms with Crippen LogP contribution in [0.3, 0.4) is 0 Å². The highest BCUT2D eigenvalue weighted by atomic mass is 35.5. The first-order valence-electron chi connectivity index (χ1n) is 7.74. The number of amides is 1. The van der Waals surface area contributed by atoms with Crippen LogP contribution in [0.5, 0.6) is 0 Å². The minimum atomic E-state index is -0.271. The third-order valence-corrected chi connectivity index (χ3v) is 3.76. The van der Waals surface area contributed by atoms with Crippen molar-refractivity contribution >= 4 is 34.6 Å². The average molecular weight is 337 g/mol. The van der Waals surface area contributed by atoms with Gasteiger partial charge in [-0.3, -0.25) is 14.7 Å². The van der Waals surface area contributed by atoms with E-state index >= 15 is 0 Å². The summed E-state index contributed by atoms with van der Waals surface area (Å²) in [5.41, 5.74) is 1.80. The number of fused-ring (bicyclic) bond motifs is 1. The van der Waals surface area contributed by atoms with Gasteiger partial charge < -0.3 is 0 Å². The number of carbonyl (C=O) groups is 1. The Kier molecular flexibility index (Phi) is 4.46. The van der Waals surface area contributed by atoms with Crippen molar-refractivity contribution in [3.63, 3.8) is 0 Å². The number of nitrogens with zero attached hydrogens (tertiary/aromatic N) is 3. The average Bonchev–Trinajstić information content (AvgIpc) is 2.63. The lowest BCUT2D eigenvalue weighted by atomic mass is 9.92. The zero-order valence-electron chi connectivity index (χ0n) is 14.9. The molecule has 0 fully saturated rings. The third kappa shape index (κ3) is 4.02. The molecule has 1 amide bonds. The fourth-order valence-corrected chi connectivity index (χ4v) is 2.59. The van der Waals surface area contributed by atoms with Crippen molar-refractivity contribution in [1.82, 2.24) is 14.5 Å². The Morgan fingerprint density at radius 3 is 2.35 bits per heavy atom. The van der Waals surface area contributed by atoms with E-state index in [1.807, 2.05) is 32.3 Å². The van der Waals surface area contributed by atoms with Gasteiger partial charge in [0.05, 0.1) is 10.7 Å². The molecule has 0 saturated heterocycles. The minimum Gasteiger partial charge on any atom is -0.296 e. The quantitative estimate of drug-likeness (QED) is 0.876. The smallest absolute Gasteiger partial charge is 0.227 e. The number of carbonyl (C=O) groups excluding carboxylic acids is 1. The molecule has 5 nitrogen and oxygen atoms in total. The molecule has 23 heavy (non-hydrogen) atoms. The fourth-order valence-electron chi connectivity index (χ4n) is 2.44. The first kappa shape index (κ1) is 17.7. The Morgan fingerprint density at radius 2 is 1.83 bits per heavy atom. The Morgan fingerprint density at radius 1 is 1.22 bits per heavy atom. The second kappa shape index (κ2) is 5.78. The molecule has 1 N–H and O–H groups in total. The van der Waals surface area contributed by atoms with E-state index in [1.54, 1.807) is 6.07 Å². The van der Waals surface area contributed by atoms with Gasteiger partial charge in [0.25, 0.3) is 0 Å². The molecule has 0 radical (unpaired) electrons. The topological polar surface area (TPSA) is 59.8 Å². The van der Waals surface area contributed by atoms with Gasteiger partial charge in [0.1, 0.15) is 5.52 Å². The normalized spacial score (nSPS) is 12.7. The molecule has 0 unspecified atom stereocenters. The number of anilines is 1. The maximum Gasteiger partial charge on any atom is 0.227 e. The highest BCUT2D eigenvalue weighted by Crippen LogP contribution is 2.30. The number of rotatable bonds is 2. The summed E-state index contributed by atoms with van der Waals surface area (Å²) in [6, 6.07) is 1.79. The van der Waals surface area contributed by atoms with E-state index in [0.29, 0.717) is 22.9 Å². The van der Waals surface area contributed by atoms with Crippen LogP contribution >= 0.6 is 11.6 Å². The summed E-state index contributed by atoms with van der Waals surface area (Å²) >= 11 is 6.16. The lowest BCUT2D eigenvalue weighted by molar-refractivity contribution is -0.117. The summed E-state index contributed by atoms with van der Waals surface area (Å²) in [6.45, 7) is 14.1. The van der Waals surface area contributed by atoms with Crippen molar-refractivity contribution in [1.29, 1.82) is 0 Å². The van der Waals surface area contributed by atoms with Gasteiger partial charge in [0.15, 0.2) is 5.65 Å². The Labute approximate surface area is 142 Å². The maximum absolute atomic E-state index is 12.3. The van der Waals surface area contributed by atoms with Crippen molar-refractivity contribution in [2.75, 3.05) is 5.32 Å². The van der Waals surface area contributed by atoms with Crippen LogP contribution in [0.4, 0.5) is 5.95 Å². The molecule has 2 aromatic heterocycles. The van der Waals surface area contributed by atoms with Crippen LogP contribution in [-0.2, 0) is 10.3 Å². The van der Waals surface area contributed by atoms with E-state index < -0.39 is 0 Å². The molecule has 6 heteroatoms. The summed E-state index contributed by atoms with van der Waals surface area (Å²) in [5, 5.41) is 3.50. The van der Waals surface area contributed by atoms with Crippen LogP contribution in [0.15, 0.2) is 6.07 Å². The van der Waals surface area contributed by atoms with E-state index in [4.69, 9.17) is 11.6 Å². The molecule has 0 aromatic carbocycles. The highest BCUT2D eigenvalue weighted by molar-refractivity contribution is 6.31. The molecule has 0 bridgehead atoms. The minimum absolute atomic E-state index is 0.0545. The van der Waals surface area contributed by atoms with Crippen LogP contribution in [0.1, 0.15) is 53.7 Å². The standard InChI is InChI=1S/C17H25ClN4O/c1-10-11(18)8-12-14(19-10)22(17(5,6)7)15(20-12)21-13(23)9-16(2,3)4/h8H,9H2,1-7H3,(H,20,21,23). The fraction of sp³-hybridized carbons (Fsp3) is 0.588. The van der Waals surface area contributed by atoms with Gasteiger partial charge in [0, 0.05) is 12.0 Å². The lowest BCUT2D eigenvalue weighted by Gasteiger charge is -2.24. The maximum atomic E-state index is 12.3. The zero-order valence-corrected chi connectivity index (χ0v) is 15.7. The number of nitrogens with one attached hydrogen (secondary N) is 1. The molecule has 0 saturated carbocycles. The van der Waals surface area contributed by atoms with Crippen LogP contribution in [0, 0.1) is 12.3 Å². The van der Waals surface area contributed by atoms with Crippen molar-refractivity contribution in [3.8, 4) is 0 Å². The highest BCUT2D eigenvalue weighted by Gasteiger charge is 2.25. The van der Waals surface area contributed by atoms with Gasteiger partial charge in [-0.05, 0) is 39.2 Å². The predicted molar refractivity (Wildman–Crippen MR) is 95.0 cm³/mol. The number of hydrogen-bond donors (Lipinski definition) is 1. The van der Waals surface area contributed by atoms with E-state index in [-0.39, 0.29) is 16.9 Å². The van der Waals surface area contributed by atoms with Crippen LogP contribution in [0.25, 0.3) is 11.2 Å². The first-order valence-corrected chi connectivity index (χ1v) is 8.12. The van der Waals surface area contributed by atoms with Gasteiger partial charge in [-0.25, -0.2) is 9.97 Å². The molecule has 126 valence electrons. The molecule has 0 aliphatic rings. The number of halogens is 1. The Hall–Kier alpha value is -1.62. The van der Waals surface area contributed by atoms with Crippen molar-refractivity contribution in [3.05, 3.63) is 16.8 Å². The summed E-state index contributed by atoms with van der Waals surface area (Å²) in [4.78, 5) is 21.4. The van der Waals surface area contributed by atoms with Crippen LogP contribution in [0.2, 0.25) is 5.02 Å². The molecule has 0 aliphatic heterocycles. The molecular formula is C17H25ClN4O. The van der Waals surface area contributed by atoms with Crippen LogP contribution < -0.4 is 5.32 Å². The van der Waals surface area contributed by atoms with Crippen molar-refractivity contribution in [2.24, 2.45) is 5.41 Å². The van der Waals surface area contributed by atoms with Gasteiger partial charge in [0.2, 0.25) is 11.9 Å². The summed E-state index contributed by atoms with van der Waals surface area (Å²) in [6.07, 6.45) is 0.424. The zero-order chi connectivity index (χ0) is 17.6. The molecule has 0 aliphatic carbocycles. The molecule has 2 heterocycles. The van der Waals surface area contributed by atoms with E-state index in [2.05, 4.69) is 36.1 Å². The second-order valence-corrected chi connectivity index (χ2v) is 8.53. The van der Waals surface area contributed by atoms with E-state index in [1.165, 1.54) is 0 Å². The number of hydrogen-bond acceptors (Lipinski definition) is 3. The monoisotopic (exact) mass is 336 g/mol. The van der Waals surface area contributed by atoms with Gasteiger partial charge in [-0.2, -0.15) is 0 Å². The van der Waals surface area contributed by atoms with Crippen LogP contribution in [-0.4, -0.2) is 20.4 Å². The Balaban J connectivity index is 2.53. The number of aromatic nitrogens is 3.